The van der Waals surface area contributed by atoms with Crippen molar-refractivity contribution in [3.8, 4) is 0 Å². The largest absolute Gasteiger partial charge is 0.320 e. The molecule has 2 rings (SSSR count). The number of hydrogen-bond donors (Lipinski definition) is 2. The van der Waals surface area contributed by atoms with Crippen molar-refractivity contribution >= 4 is 11.6 Å². The van der Waals surface area contributed by atoms with E-state index in [0.29, 0.717) is 11.3 Å². The molecule has 2 aromatic heterocycles. The number of nitrogens with one attached hydrogen (secondary N) is 2. The second-order valence-electron chi connectivity index (χ2n) is 3.50. The zero-order chi connectivity index (χ0) is 11.5. The molecule has 0 aromatic carbocycles. The van der Waals surface area contributed by atoms with Crippen LogP contribution in [0.25, 0.3) is 0 Å². The van der Waals surface area contributed by atoms with E-state index in [9.17, 15) is 4.79 Å². The summed E-state index contributed by atoms with van der Waals surface area (Å²) < 4.78 is 0. The van der Waals surface area contributed by atoms with E-state index in [4.69, 9.17) is 0 Å². The average molecular weight is 216 g/mol. The average Bonchev–Trinajstić information content (AvgIpc) is 2.68. The van der Waals surface area contributed by atoms with Gasteiger partial charge in [0, 0.05) is 11.9 Å². The summed E-state index contributed by atoms with van der Waals surface area (Å²) in [6, 6.07) is 3.60. The highest BCUT2D eigenvalue weighted by Crippen LogP contribution is 2.13. The Morgan fingerprint density at radius 2 is 2.25 bits per heavy atom. The summed E-state index contributed by atoms with van der Waals surface area (Å²) >= 11 is 0. The minimum absolute atomic E-state index is 0.178. The minimum atomic E-state index is -0.178. The van der Waals surface area contributed by atoms with Crippen molar-refractivity contribution in [2.75, 3.05) is 5.32 Å². The van der Waals surface area contributed by atoms with Crippen LogP contribution in [0.2, 0.25) is 0 Å². The maximum absolute atomic E-state index is 11.8. The molecule has 0 aliphatic heterocycles. The number of aryl methyl sites for hydroxylation is 2. The van der Waals surface area contributed by atoms with E-state index in [1.54, 1.807) is 19.2 Å². The molecule has 0 spiro atoms. The van der Waals surface area contributed by atoms with Gasteiger partial charge in [0.1, 0.15) is 0 Å². The highest BCUT2D eigenvalue weighted by Gasteiger charge is 2.11. The number of pyridine rings is 1. The Labute approximate surface area is 92.9 Å². The van der Waals surface area contributed by atoms with Gasteiger partial charge in [-0.1, -0.05) is 0 Å². The number of amides is 1. The predicted molar refractivity (Wildman–Crippen MR) is 60.3 cm³/mol. The molecule has 5 nitrogen and oxygen atoms in total. The van der Waals surface area contributed by atoms with Crippen LogP contribution in [0.15, 0.2) is 24.5 Å². The van der Waals surface area contributed by atoms with Crippen molar-refractivity contribution in [3.05, 3.63) is 41.5 Å². The van der Waals surface area contributed by atoms with E-state index in [-0.39, 0.29) is 5.91 Å². The van der Waals surface area contributed by atoms with Gasteiger partial charge in [0.05, 0.1) is 23.1 Å². The molecule has 1 amide bonds. The topological polar surface area (TPSA) is 70.7 Å². The SMILES string of the molecule is Cc1ncccc1NC(=O)c1cn[nH]c1C. The highest BCUT2D eigenvalue weighted by molar-refractivity contribution is 6.05. The molecule has 2 heterocycles. The van der Waals surface area contributed by atoms with Crippen LogP contribution < -0.4 is 5.32 Å². The van der Waals surface area contributed by atoms with Gasteiger partial charge in [0.2, 0.25) is 0 Å². The molecule has 0 bridgehead atoms. The maximum Gasteiger partial charge on any atom is 0.259 e. The number of nitrogens with zero attached hydrogens (tertiary/aromatic N) is 2. The van der Waals surface area contributed by atoms with Crippen molar-refractivity contribution in [2.45, 2.75) is 13.8 Å². The number of H-pyrrole nitrogens is 1. The van der Waals surface area contributed by atoms with Crippen LogP contribution in [-0.2, 0) is 0 Å². The van der Waals surface area contributed by atoms with Crippen molar-refractivity contribution in [3.63, 3.8) is 0 Å². The molecule has 0 unspecified atom stereocenters. The Morgan fingerprint density at radius 1 is 1.44 bits per heavy atom. The van der Waals surface area contributed by atoms with Crippen molar-refractivity contribution < 1.29 is 4.79 Å². The first-order valence-electron chi connectivity index (χ1n) is 4.91. The van der Waals surface area contributed by atoms with Crippen LogP contribution in [0.5, 0.6) is 0 Å². The van der Waals surface area contributed by atoms with Gasteiger partial charge in [-0.2, -0.15) is 5.10 Å². The Balaban J connectivity index is 2.21. The van der Waals surface area contributed by atoms with Crippen LogP contribution in [0.4, 0.5) is 5.69 Å². The number of aromatic nitrogens is 3. The number of rotatable bonds is 2. The number of carbonyl (C=O) groups is 1. The lowest BCUT2D eigenvalue weighted by atomic mass is 10.2. The first kappa shape index (κ1) is 10.4. The lowest BCUT2D eigenvalue weighted by Crippen LogP contribution is -2.13. The minimum Gasteiger partial charge on any atom is -0.320 e. The van der Waals surface area contributed by atoms with Gasteiger partial charge in [0.15, 0.2) is 0 Å². The number of hydrogen-bond acceptors (Lipinski definition) is 3. The number of carbonyl (C=O) groups excluding carboxylic acids is 1. The van der Waals surface area contributed by atoms with Gasteiger partial charge in [-0.25, -0.2) is 0 Å². The third kappa shape index (κ3) is 1.93. The second kappa shape index (κ2) is 4.14. The van der Waals surface area contributed by atoms with E-state index < -0.39 is 0 Å². The third-order valence-electron chi connectivity index (χ3n) is 2.33. The fourth-order valence-corrected chi connectivity index (χ4v) is 1.39. The molecule has 0 saturated heterocycles. The molecule has 82 valence electrons. The Kier molecular flexibility index (Phi) is 2.68. The lowest BCUT2D eigenvalue weighted by Gasteiger charge is -2.06. The molecule has 0 aliphatic rings. The molecule has 0 radical (unpaired) electrons. The maximum atomic E-state index is 11.8. The Hall–Kier alpha value is -2.17. The van der Waals surface area contributed by atoms with E-state index in [1.165, 1.54) is 6.20 Å². The molecule has 2 aromatic rings. The van der Waals surface area contributed by atoms with Crippen LogP contribution in [0.3, 0.4) is 0 Å². The summed E-state index contributed by atoms with van der Waals surface area (Å²) in [7, 11) is 0. The molecule has 0 aliphatic carbocycles. The molecule has 0 atom stereocenters. The molecule has 2 N–H and O–H groups in total. The molecular formula is C11H12N4O. The quantitative estimate of drug-likeness (QED) is 0.802. The van der Waals surface area contributed by atoms with Gasteiger partial charge in [-0.05, 0) is 26.0 Å². The van der Waals surface area contributed by atoms with Crippen LogP contribution in [0, 0.1) is 13.8 Å². The summed E-state index contributed by atoms with van der Waals surface area (Å²) in [6.45, 7) is 3.65. The summed E-state index contributed by atoms with van der Waals surface area (Å²) in [6.07, 6.45) is 3.20. The van der Waals surface area contributed by atoms with E-state index in [1.807, 2.05) is 13.0 Å². The standard InChI is InChI=1S/C11H12N4O/c1-7-9(6-13-15-7)11(16)14-10-4-3-5-12-8(10)2/h3-6H,1-2H3,(H,13,15)(H,14,16). The van der Waals surface area contributed by atoms with Gasteiger partial charge >= 0.3 is 0 Å². The van der Waals surface area contributed by atoms with E-state index in [0.717, 1.165) is 11.4 Å². The van der Waals surface area contributed by atoms with E-state index in [2.05, 4.69) is 20.5 Å². The van der Waals surface area contributed by atoms with Crippen molar-refractivity contribution in [1.29, 1.82) is 0 Å². The number of anilines is 1. The van der Waals surface area contributed by atoms with Crippen LogP contribution >= 0.6 is 0 Å². The summed E-state index contributed by atoms with van der Waals surface area (Å²) in [5.74, 6) is -0.178. The molecular weight excluding hydrogens is 204 g/mol. The van der Waals surface area contributed by atoms with Crippen LogP contribution in [-0.4, -0.2) is 21.1 Å². The lowest BCUT2D eigenvalue weighted by molar-refractivity contribution is 0.102. The predicted octanol–water partition coefficient (Wildman–Crippen LogP) is 1.67. The first-order valence-corrected chi connectivity index (χ1v) is 4.91. The monoisotopic (exact) mass is 216 g/mol. The van der Waals surface area contributed by atoms with Crippen LogP contribution in [0.1, 0.15) is 21.7 Å². The van der Waals surface area contributed by atoms with E-state index >= 15 is 0 Å². The fraction of sp³-hybridized carbons (Fsp3) is 0.182. The Bertz CT molecular complexity index is 518. The number of aromatic amines is 1. The second-order valence-corrected chi connectivity index (χ2v) is 3.50. The Morgan fingerprint density at radius 3 is 2.88 bits per heavy atom. The zero-order valence-corrected chi connectivity index (χ0v) is 9.11. The van der Waals surface area contributed by atoms with Gasteiger partial charge < -0.3 is 5.32 Å². The first-order chi connectivity index (χ1) is 7.68. The van der Waals surface area contributed by atoms with Crippen molar-refractivity contribution in [1.82, 2.24) is 15.2 Å². The highest BCUT2D eigenvalue weighted by atomic mass is 16.1. The molecule has 0 fully saturated rings. The van der Waals surface area contributed by atoms with Gasteiger partial charge in [-0.3, -0.25) is 14.9 Å². The van der Waals surface area contributed by atoms with Gasteiger partial charge in [-0.15, -0.1) is 0 Å². The zero-order valence-electron chi connectivity index (χ0n) is 9.11. The molecule has 0 saturated carbocycles. The molecule has 16 heavy (non-hydrogen) atoms. The summed E-state index contributed by atoms with van der Waals surface area (Å²) in [5.41, 5.74) is 2.80. The summed E-state index contributed by atoms with van der Waals surface area (Å²) in [4.78, 5) is 15.9. The third-order valence-corrected chi connectivity index (χ3v) is 2.33. The summed E-state index contributed by atoms with van der Waals surface area (Å²) in [5, 5.41) is 9.32. The normalized spacial score (nSPS) is 10.1. The van der Waals surface area contributed by atoms with Gasteiger partial charge in [0.25, 0.3) is 5.91 Å². The smallest absolute Gasteiger partial charge is 0.259 e. The fourth-order valence-electron chi connectivity index (χ4n) is 1.39. The van der Waals surface area contributed by atoms with Crippen molar-refractivity contribution in [2.24, 2.45) is 0 Å². The molecule has 5 heteroatoms.